The topological polar surface area (TPSA) is 38.9 Å². The summed E-state index contributed by atoms with van der Waals surface area (Å²) in [6, 6.07) is 7.34. The number of nitrogens with zero attached hydrogens (tertiary/aromatic N) is 2. The van der Waals surface area contributed by atoms with Crippen LogP contribution in [0.4, 0.5) is 0 Å². The molecule has 0 atom stereocenters. The van der Waals surface area contributed by atoms with E-state index in [4.69, 9.17) is 16.0 Å². The summed E-state index contributed by atoms with van der Waals surface area (Å²) in [4.78, 5) is 8.35. The minimum absolute atomic E-state index is 0.544. The van der Waals surface area contributed by atoms with Gasteiger partial charge in [0.25, 0.3) is 0 Å². The summed E-state index contributed by atoms with van der Waals surface area (Å²) in [5.41, 5.74) is 2.21. The van der Waals surface area contributed by atoms with E-state index < -0.39 is 0 Å². The Morgan fingerprint density at radius 3 is 2.71 bits per heavy atom. The van der Waals surface area contributed by atoms with Crippen LogP contribution in [0.15, 0.2) is 45.5 Å². The molecule has 0 saturated heterocycles. The van der Waals surface area contributed by atoms with Crippen LogP contribution in [-0.2, 0) is 0 Å². The van der Waals surface area contributed by atoms with Gasteiger partial charge in [0, 0.05) is 22.4 Å². The van der Waals surface area contributed by atoms with Crippen LogP contribution in [0.2, 0.25) is 5.02 Å². The first-order valence-electron chi connectivity index (χ1n) is 4.90. The Balaban J connectivity index is 2.24. The summed E-state index contributed by atoms with van der Waals surface area (Å²) in [6.45, 7) is 0. The predicted octanol–water partition coefficient (Wildman–Crippen LogP) is 4.31. The van der Waals surface area contributed by atoms with Crippen molar-refractivity contribution in [1.82, 2.24) is 9.97 Å². The number of fused-ring (bicyclic) bond motifs is 1. The molecule has 2 heterocycles. The molecule has 2 aromatic heterocycles. The van der Waals surface area contributed by atoms with E-state index in [0.29, 0.717) is 16.5 Å². The maximum absolute atomic E-state index is 6.09. The summed E-state index contributed by atoms with van der Waals surface area (Å²) in [5.74, 6) is 0.544. The fourth-order valence-electron chi connectivity index (χ4n) is 1.58. The molecule has 0 N–H and O–H groups in total. The maximum Gasteiger partial charge on any atom is 0.227 e. The molecule has 1 aromatic carbocycles. The summed E-state index contributed by atoms with van der Waals surface area (Å²) < 4.78 is 6.53. The van der Waals surface area contributed by atoms with E-state index in [9.17, 15) is 0 Å². The van der Waals surface area contributed by atoms with Gasteiger partial charge in [0.05, 0.1) is 5.02 Å². The third-order valence-electron chi connectivity index (χ3n) is 2.34. The van der Waals surface area contributed by atoms with Gasteiger partial charge in [0.1, 0.15) is 5.52 Å². The highest BCUT2D eigenvalue weighted by Gasteiger charge is 2.11. The fraction of sp³-hybridized carbons (Fsp3) is 0. The average Bonchev–Trinajstić information content (AvgIpc) is 2.74. The summed E-state index contributed by atoms with van der Waals surface area (Å²) in [7, 11) is 0. The zero-order valence-electron chi connectivity index (χ0n) is 8.52. The van der Waals surface area contributed by atoms with Crippen LogP contribution in [0.5, 0.6) is 0 Å². The number of hydrogen-bond donors (Lipinski definition) is 0. The monoisotopic (exact) mass is 308 g/mol. The van der Waals surface area contributed by atoms with Gasteiger partial charge < -0.3 is 4.42 Å². The molecule has 0 aliphatic carbocycles. The van der Waals surface area contributed by atoms with Gasteiger partial charge in [-0.2, -0.15) is 0 Å². The van der Waals surface area contributed by atoms with Crippen LogP contribution in [0.25, 0.3) is 22.6 Å². The molecule has 3 aromatic rings. The lowest BCUT2D eigenvalue weighted by Crippen LogP contribution is -1.76. The third kappa shape index (κ3) is 1.94. The van der Waals surface area contributed by atoms with Crippen molar-refractivity contribution in [1.29, 1.82) is 0 Å². The van der Waals surface area contributed by atoms with Gasteiger partial charge >= 0.3 is 0 Å². The number of aromatic nitrogens is 2. The van der Waals surface area contributed by atoms with Crippen molar-refractivity contribution in [3.8, 4) is 11.5 Å². The molecule has 84 valence electrons. The highest BCUT2D eigenvalue weighted by Crippen LogP contribution is 2.31. The Bertz CT molecular complexity index is 682. The second-order valence-electron chi connectivity index (χ2n) is 3.49. The van der Waals surface area contributed by atoms with Gasteiger partial charge in [-0.15, -0.1) is 0 Å². The Kier molecular flexibility index (Phi) is 2.61. The molecule has 0 aliphatic heterocycles. The number of pyridine rings is 1. The van der Waals surface area contributed by atoms with E-state index in [1.165, 1.54) is 0 Å². The van der Waals surface area contributed by atoms with E-state index in [-0.39, 0.29) is 0 Å². The second-order valence-corrected chi connectivity index (χ2v) is 4.81. The van der Waals surface area contributed by atoms with Gasteiger partial charge in [-0.3, -0.25) is 4.98 Å². The van der Waals surface area contributed by atoms with Crippen LogP contribution < -0.4 is 0 Å². The molecule has 0 bridgehead atoms. The van der Waals surface area contributed by atoms with Gasteiger partial charge in [-0.05, 0) is 24.3 Å². The van der Waals surface area contributed by atoms with Crippen LogP contribution in [0.1, 0.15) is 0 Å². The quantitative estimate of drug-likeness (QED) is 0.672. The van der Waals surface area contributed by atoms with Gasteiger partial charge in [0.15, 0.2) is 5.58 Å². The van der Waals surface area contributed by atoms with Crippen molar-refractivity contribution in [3.05, 3.63) is 46.2 Å². The molecule has 3 rings (SSSR count). The smallest absolute Gasteiger partial charge is 0.227 e. The molecule has 0 saturated carbocycles. The largest absolute Gasteiger partial charge is 0.435 e. The van der Waals surface area contributed by atoms with E-state index >= 15 is 0 Å². The zero-order valence-corrected chi connectivity index (χ0v) is 10.9. The molecule has 0 fully saturated rings. The van der Waals surface area contributed by atoms with Crippen molar-refractivity contribution in [3.63, 3.8) is 0 Å². The van der Waals surface area contributed by atoms with Gasteiger partial charge in [0.2, 0.25) is 5.89 Å². The Labute approximate surface area is 111 Å². The molecule has 0 amide bonds. The number of rotatable bonds is 1. The normalized spacial score (nSPS) is 10.9. The molecule has 0 spiro atoms. The third-order valence-corrected chi connectivity index (χ3v) is 3.08. The van der Waals surface area contributed by atoms with Crippen LogP contribution in [0, 0.1) is 0 Å². The number of oxazole rings is 1. The van der Waals surface area contributed by atoms with Gasteiger partial charge in [-0.1, -0.05) is 27.5 Å². The summed E-state index contributed by atoms with van der Waals surface area (Å²) in [6.07, 6.45) is 3.39. The minimum Gasteiger partial charge on any atom is -0.435 e. The molecule has 0 radical (unpaired) electrons. The van der Waals surface area contributed by atoms with Crippen LogP contribution in [0.3, 0.4) is 0 Å². The molecule has 17 heavy (non-hydrogen) atoms. The van der Waals surface area contributed by atoms with E-state index in [2.05, 4.69) is 25.9 Å². The lowest BCUT2D eigenvalue weighted by atomic mass is 10.3. The highest BCUT2D eigenvalue weighted by atomic mass is 79.9. The van der Waals surface area contributed by atoms with E-state index in [0.717, 1.165) is 15.6 Å². The Hall–Kier alpha value is -1.39. The van der Waals surface area contributed by atoms with Crippen molar-refractivity contribution in [2.45, 2.75) is 0 Å². The van der Waals surface area contributed by atoms with Crippen molar-refractivity contribution >= 4 is 38.6 Å². The standard InChI is InChI=1S/C12H6BrClN2O/c13-8-5-9(14)11-10(6-8)16-12(17-11)7-1-3-15-4-2-7/h1-6H. The lowest BCUT2D eigenvalue weighted by molar-refractivity contribution is 0.620. The fourth-order valence-corrected chi connectivity index (χ4v) is 2.41. The second kappa shape index (κ2) is 4.13. The summed E-state index contributed by atoms with van der Waals surface area (Å²) in [5, 5.41) is 0.544. The first-order valence-corrected chi connectivity index (χ1v) is 6.07. The van der Waals surface area contributed by atoms with Crippen molar-refractivity contribution in [2.75, 3.05) is 0 Å². The predicted molar refractivity (Wildman–Crippen MR) is 70.0 cm³/mol. The average molecular weight is 310 g/mol. The molecular weight excluding hydrogens is 304 g/mol. The number of halogens is 2. The molecular formula is C12H6BrClN2O. The Morgan fingerprint density at radius 2 is 1.94 bits per heavy atom. The lowest BCUT2D eigenvalue weighted by Gasteiger charge is -1.92. The minimum atomic E-state index is 0.544. The molecule has 3 nitrogen and oxygen atoms in total. The molecule has 5 heteroatoms. The van der Waals surface area contributed by atoms with Crippen LogP contribution >= 0.6 is 27.5 Å². The van der Waals surface area contributed by atoms with Crippen LogP contribution in [-0.4, -0.2) is 9.97 Å². The SMILES string of the molecule is Clc1cc(Br)cc2nc(-c3ccncc3)oc12. The van der Waals surface area contributed by atoms with Crippen molar-refractivity contribution in [2.24, 2.45) is 0 Å². The first kappa shape index (κ1) is 10.7. The van der Waals surface area contributed by atoms with Gasteiger partial charge in [-0.25, -0.2) is 4.98 Å². The zero-order chi connectivity index (χ0) is 11.8. The van der Waals surface area contributed by atoms with Crippen molar-refractivity contribution < 1.29 is 4.42 Å². The highest BCUT2D eigenvalue weighted by molar-refractivity contribution is 9.10. The number of benzene rings is 1. The maximum atomic E-state index is 6.09. The van der Waals surface area contributed by atoms with E-state index in [1.807, 2.05) is 18.2 Å². The first-order chi connectivity index (χ1) is 8.24. The number of hydrogen-bond acceptors (Lipinski definition) is 3. The molecule has 0 unspecified atom stereocenters. The summed E-state index contributed by atoms with van der Waals surface area (Å²) >= 11 is 9.46. The Morgan fingerprint density at radius 1 is 1.18 bits per heavy atom. The van der Waals surface area contributed by atoms with E-state index in [1.54, 1.807) is 18.5 Å². The molecule has 0 aliphatic rings.